The molecule has 2 aromatic carbocycles. The molecule has 0 aromatic heterocycles. The van der Waals surface area contributed by atoms with Crippen LogP contribution in [0, 0.1) is 10.1 Å². The van der Waals surface area contributed by atoms with Crippen molar-refractivity contribution in [3.8, 4) is 11.5 Å². The Bertz CT molecular complexity index is 1190. The van der Waals surface area contributed by atoms with E-state index in [1.165, 1.54) is 0 Å². The van der Waals surface area contributed by atoms with Gasteiger partial charge in [0.25, 0.3) is 0 Å². The Hall–Kier alpha value is -1.96. The minimum atomic E-state index is -1.17. The number of nitrogens with zero attached hydrogens (tertiary/aromatic N) is 1. The molecule has 0 radical (unpaired) electrons. The topological polar surface area (TPSA) is 127 Å². The SMILES string of the molecule is CC1(C)OB(c2c(C=O)cccc2OCCCBr)OC1(C)C.O=[N+]([O-])CC1OB(O)c2c(OCCCBr)cccc21. The van der Waals surface area contributed by atoms with Crippen molar-refractivity contribution in [2.24, 2.45) is 0 Å². The molecule has 4 rings (SSSR count). The number of aldehydes is 1. The number of halogens is 2. The lowest BCUT2D eigenvalue weighted by Crippen LogP contribution is -2.41. The second-order valence-corrected chi connectivity index (χ2v) is 12.1. The molecule has 222 valence electrons. The molecule has 0 bridgehead atoms. The predicted octanol–water partition coefficient (Wildman–Crippen LogP) is 3.85. The first-order valence-corrected chi connectivity index (χ1v) is 15.6. The second-order valence-electron chi connectivity index (χ2n) is 10.5. The van der Waals surface area contributed by atoms with Gasteiger partial charge in [0, 0.05) is 32.1 Å². The molecular weight excluding hydrogens is 664 g/mol. The summed E-state index contributed by atoms with van der Waals surface area (Å²) < 4.78 is 28.7. The van der Waals surface area contributed by atoms with Gasteiger partial charge in [-0.1, -0.05) is 56.1 Å². The highest BCUT2D eigenvalue weighted by molar-refractivity contribution is 9.09. The van der Waals surface area contributed by atoms with Crippen LogP contribution in [0.3, 0.4) is 0 Å². The third kappa shape index (κ3) is 8.32. The molecule has 41 heavy (non-hydrogen) atoms. The smallest absolute Gasteiger partial charge is 0.494 e. The van der Waals surface area contributed by atoms with Gasteiger partial charge in [0.1, 0.15) is 23.9 Å². The molecule has 2 aliphatic rings. The zero-order valence-electron chi connectivity index (χ0n) is 23.6. The maximum Gasteiger partial charge on any atom is 0.499 e. The van der Waals surface area contributed by atoms with E-state index in [9.17, 15) is 19.9 Å². The highest BCUT2D eigenvalue weighted by Crippen LogP contribution is 2.37. The third-order valence-electron chi connectivity index (χ3n) is 7.09. The fraction of sp³-hybridized carbons (Fsp3) is 0.519. The van der Waals surface area contributed by atoms with Gasteiger partial charge in [-0.3, -0.25) is 14.9 Å². The molecule has 14 heteroatoms. The van der Waals surface area contributed by atoms with Crippen molar-refractivity contribution in [1.82, 2.24) is 0 Å². The average Bonchev–Trinajstić information content (AvgIpc) is 3.34. The summed E-state index contributed by atoms with van der Waals surface area (Å²) in [4.78, 5) is 21.5. The van der Waals surface area contributed by atoms with E-state index in [1.807, 2.05) is 39.8 Å². The van der Waals surface area contributed by atoms with Gasteiger partial charge >= 0.3 is 14.2 Å². The zero-order chi connectivity index (χ0) is 30.2. The Kier molecular flexibility index (Phi) is 12.2. The Balaban J connectivity index is 0.000000228. The number of benzene rings is 2. The summed E-state index contributed by atoms with van der Waals surface area (Å²) in [5.74, 6) is 1.17. The number of carbonyl (C=O) groups is 1. The summed E-state index contributed by atoms with van der Waals surface area (Å²) in [5.41, 5.74) is 1.42. The largest absolute Gasteiger partial charge is 0.499 e. The van der Waals surface area contributed by atoms with E-state index in [0.717, 1.165) is 29.8 Å². The molecule has 1 saturated heterocycles. The number of ether oxygens (including phenoxy) is 2. The number of alkyl halides is 2. The van der Waals surface area contributed by atoms with Crippen molar-refractivity contribution in [2.45, 2.75) is 57.8 Å². The van der Waals surface area contributed by atoms with Gasteiger partial charge in [-0.2, -0.15) is 0 Å². The Morgan fingerprint density at radius 1 is 0.976 bits per heavy atom. The Morgan fingerprint density at radius 2 is 1.51 bits per heavy atom. The highest BCUT2D eigenvalue weighted by Gasteiger charge is 2.53. The molecule has 2 aromatic rings. The second kappa shape index (κ2) is 15.0. The minimum absolute atomic E-state index is 0.366. The van der Waals surface area contributed by atoms with Gasteiger partial charge in [-0.25, -0.2) is 0 Å². The number of hydrogen-bond donors (Lipinski definition) is 1. The van der Waals surface area contributed by atoms with Crippen LogP contribution in [0.1, 0.15) is 62.6 Å². The van der Waals surface area contributed by atoms with Crippen LogP contribution in [0.2, 0.25) is 0 Å². The fourth-order valence-electron chi connectivity index (χ4n) is 4.28. The van der Waals surface area contributed by atoms with Crippen LogP contribution in [-0.2, 0) is 14.0 Å². The van der Waals surface area contributed by atoms with E-state index in [-0.39, 0.29) is 6.54 Å². The van der Waals surface area contributed by atoms with Crippen LogP contribution in [0.15, 0.2) is 36.4 Å². The molecule has 2 aliphatic heterocycles. The molecule has 1 atom stereocenters. The molecule has 1 N–H and O–H groups in total. The molecule has 0 aliphatic carbocycles. The molecular formula is C27H35B2Br2NO9. The molecule has 10 nitrogen and oxygen atoms in total. The lowest BCUT2D eigenvalue weighted by atomic mass is 9.75. The summed E-state index contributed by atoms with van der Waals surface area (Å²) >= 11 is 6.68. The van der Waals surface area contributed by atoms with E-state index in [2.05, 4.69) is 31.9 Å². The van der Waals surface area contributed by atoms with E-state index in [0.29, 0.717) is 46.8 Å². The molecule has 2 heterocycles. The van der Waals surface area contributed by atoms with Crippen molar-refractivity contribution < 1.29 is 38.2 Å². The van der Waals surface area contributed by atoms with Crippen LogP contribution in [0.5, 0.6) is 11.5 Å². The van der Waals surface area contributed by atoms with Crippen molar-refractivity contribution in [1.29, 1.82) is 0 Å². The first-order valence-electron chi connectivity index (χ1n) is 13.3. The van der Waals surface area contributed by atoms with E-state index in [1.54, 1.807) is 24.3 Å². The van der Waals surface area contributed by atoms with Gasteiger partial charge < -0.3 is 28.5 Å². The highest BCUT2D eigenvalue weighted by atomic mass is 79.9. The predicted molar refractivity (Wildman–Crippen MR) is 165 cm³/mol. The van der Waals surface area contributed by atoms with E-state index >= 15 is 0 Å². The van der Waals surface area contributed by atoms with Gasteiger partial charge in [0.2, 0.25) is 6.54 Å². The molecule has 0 spiro atoms. The van der Waals surface area contributed by atoms with E-state index < -0.39 is 36.5 Å². The summed E-state index contributed by atoms with van der Waals surface area (Å²) in [5, 5.41) is 22.1. The summed E-state index contributed by atoms with van der Waals surface area (Å²) in [6, 6.07) is 10.6. The van der Waals surface area contributed by atoms with Gasteiger partial charge in [-0.15, -0.1) is 0 Å². The summed E-state index contributed by atoms with van der Waals surface area (Å²) in [6.45, 7) is 8.66. The standard InChI is InChI=1S/C16H22BBrO4.C11H13BBrNO5/c1-15(2)16(3,4)22-17(21-15)14-12(11-19)7-5-8-13(14)20-10-6-9-18;13-5-2-6-18-9-4-1-3-8-10(7-14(16)17)19-12(15)11(8)9/h5,7-8,11H,6,9-10H2,1-4H3;1,3-4,10,15H,2,5-7H2. The number of hydrogen-bond acceptors (Lipinski definition) is 9. The number of nitro groups is 1. The van der Waals surface area contributed by atoms with E-state index in [4.69, 9.17) is 23.4 Å². The van der Waals surface area contributed by atoms with Crippen LogP contribution in [-0.4, -0.2) is 72.1 Å². The van der Waals surface area contributed by atoms with Gasteiger partial charge in [0.05, 0.1) is 24.4 Å². The zero-order valence-corrected chi connectivity index (χ0v) is 26.8. The minimum Gasteiger partial charge on any atom is -0.494 e. The first kappa shape index (κ1) is 33.5. The van der Waals surface area contributed by atoms with Crippen molar-refractivity contribution >= 4 is 63.3 Å². The molecule has 0 amide bonds. The third-order valence-corrected chi connectivity index (χ3v) is 8.21. The maximum atomic E-state index is 11.4. The first-order chi connectivity index (χ1) is 19.5. The van der Waals surface area contributed by atoms with Gasteiger partial charge in [-0.05, 0) is 58.2 Å². The fourth-order valence-corrected chi connectivity index (χ4v) is 4.74. The number of rotatable bonds is 12. The monoisotopic (exact) mass is 697 g/mol. The molecule has 0 saturated carbocycles. The van der Waals surface area contributed by atoms with Crippen molar-refractivity contribution in [2.75, 3.05) is 30.4 Å². The van der Waals surface area contributed by atoms with Crippen LogP contribution in [0.25, 0.3) is 0 Å². The lowest BCUT2D eigenvalue weighted by Gasteiger charge is -2.32. The van der Waals surface area contributed by atoms with Crippen LogP contribution < -0.4 is 20.4 Å². The molecule has 1 fully saturated rings. The average molecular weight is 699 g/mol. The Labute approximate surface area is 258 Å². The quantitative estimate of drug-likeness (QED) is 0.0879. The van der Waals surface area contributed by atoms with Crippen LogP contribution in [0.4, 0.5) is 0 Å². The lowest BCUT2D eigenvalue weighted by molar-refractivity contribution is -0.490. The normalized spacial score (nSPS) is 18.4. The summed E-state index contributed by atoms with van der Waals surface area (Å²) in [6.07, 6.45) is 1.81. The molecule has 1 unspecified atom stereocenters. The van der Waals surface area contributed by atoms with Crippen LogP contribution >= 0.6 is 31.9 Å². The maximum absolute atomic E-state index is 11.4. The van der Waals surface area contributed by atoms with Crippen molar-refractivity contribution in [3.63, 3.8) is 0 Å². The van der Waals surface area contributed by atoms with Crippen molar-refractivity contribution in [3.05, 3.63) is 57.6 Å². The summed E-state index contributed by atoms with van der Waals surface area (Å²) in [7, 11) is -1.77. The number of carbonyl (C=O) groups excluding carboxylic acids is 1. The van der Waals surface area contributed by atoms with Gasteiger partial charge in [0.15, 0.2) is 0 Å². The Morgan fingerprint density at radius 3 is 2.02 bits per heavy atom. The number of fused-ring (bicyclic) bond motifs is 1.